The van der Waals surface area contributed by atoms with Crippen LogP contribution in [0.3, 0.4) is 0 Å². The van der Waals surface area contributed by atoms with E-state index in [0.717, 1.165) is 31.5 Å². The van der Waals surface area contributed by atoms with Crippen LogP contribution in [0.2, 0.25) is 0 Å². The summed E-state index contributed by atoms with van der Waals surface area (Å²) in [4.78, 5) is 4.01. The molecule has 3 nitrogen and oxygen atoms in total. The molecule has 1 aromatic heterocycles. The summed E-state index contributed by atoms with van der Waals surface area (Å²) in [5.74, 6) is -0.175. The Bertz CT molecular complexity index is 482. The second kappa shape index (κ2) is 7.04. The summed E-state index contributed by atoms with van der Waals surface area (Å²) in [5, 5.41) is 3.41. The molecule has 2 aromatic rings. The Hall–Kier alpha value is -1.68. The molecule has 0 fully saturated rings. The molecule has 0 spiro atoms. The molecular weight excluding hydrogens is 241 g/mol. The van der Waals surface area contributed by atoms with Crippen molar-refractivity contribution in [3.63, 3.8) is 0 Å². The smallest absolute Gasteiger partial charge is 0.123 e. The number of hydrogen-bond acceptors (Lipinski definition) is 2. The molecular formula is C15H20FN3. The molecule has 0 amide bonds. The SMILES string of the molecule is CC(NCCCCn1ccnc1)c1cccc(F)c1. The van der Waals surface area contributed by atoms with Crippen LogP contribution in [0.4, 0.5) is 4.39 Å². The molecule has 1 unspecified atom stereocenters. The predicted molar refractivity (Wildman–Crippen MR) is 74.3 cm³/mol. The number of imidazole rings is 1. The molecule has 0 bridgehead atoms. The van der Waals surface area contributed by atoms with Crippen LogP contribution in [0.25, 0.3) is 0 Å². The Morgan fingerprint density at radius 3 is 3.00 bits per heavy atom. The number of hydrogen-bond donors (Lipinski definition) is 1. The van der Waals surface area contributed by atoms with E-state index in [0.29, 0.717) is 0 Å². The highest BCUT2D eigenvalue weighted by Gasteiger charge is 2.04. The van der Waals surface area contributed by atoms with Gasteiger partial charge in [-0.2, -0.15) is 0 Å². The summed E-state index contributed by atoms with van der Waals surface area (Å²) < 4.78 is 15.2. The zero-order chi connectivity index (χ0) is 13.5. The highest BCUT2D eigenvalue weighted by atomic mass is 19.1. The second-order valence-corrected chi connectivity index (χ2v) is 4.74. The number of nitrogens with one attached hydrogen (secondary N) is 1. The summed E-state index contributed by atoms with van der Waals surface area (Å²) >= 11 is 0. The normalized spacial score (nSPS) is 12.5. The van der Waals surface area contributed by atoms with Crippen LogP contribution < -0.4 is 5.32 Å². The lowest BCUT2D eigenvalue weighted by Crippen LogP contribution is -2.20. The maximum Gasteiger partial charge on any atom is 0.123 e. The van der Waals surface area contributed by atoms with Crippen molar-refractivity contribution < 1.29 is 4.39 Å². The van der Waals surface area contributed by atoms with Gasteiger partial charge < -0.3 is 9.88 Å². The molecule has 0 saturated heterocycles. The van der Waals surface area contributed by atoms with Gasteiger partial charge in [0.2, 0.25) is 0 Å². The average Bonchev–Trinajstić information content (AvgIpc) is 2.91. The Labute approximate surface area is 113 Å². The van der Waals surface area contributed by atoms with Crippen molar-refractivity contribution in [1.82, 2.24) is 14.9 Å². The number of benzene rings is 1. The van der Waals surface area contributed by atoms with Crippen LogP contribution in [0, 0.1) is 5.82 Å². The van der Waals surface area contributed by atoms with Gasteiger partial charge in [0.15, 0.2) is 0 Å². The molecule has 102 valence electrons. The first-order valence-corrected chi connectivity index (χ1v) is 6.70. The van der Waals surface area contributed by atoms with E-state index < -0.39 is 0 Å². The third kappa shape index (κ3) is 4.48. The minimum absolute atomic E-state index is 0.175. The molecule has 1 N–H and O–H groups in total. The van der Waals surface area contributed by atoms with Crippen molar-refractivity contribution in [3.05, 3.63) is 54.4 Å². The summed E-state index contributed by atoms with van der Waals surface area (Å²) in [7, 11) is 0. The minimum Gasteiger partial charge on any atom is -0.337 e. The molecule has 0 radical (unpaired) electrons. The fraction of sp³-hybridized carbons (Fsp3) is 0.400. The number of rotatable bonds is 7. The van der Waals surface area contributed by atoms with Crippen LogP contribution in [0.15, 0.2) is 43.0 Å². The van der Waals surface area contributed by atoms with Gasteiger partial charge in [-0.1, -0.05) is 12.1 Å². The molecule has 2 rings (SSSR count). The van der Waals surface area contributed by atoms with Gasteiger partial charge in [-0.15, -0.1) is 0 Å². The van der Waals surface area contributed by atoms with E-state index in [1.165, 1.54) is 6.07 Å². The maximum absolute atomic E-state index is 13.1. The molecule has 0 aliphatic carbocycles. The highest BCUT2D eigenvalue weighted by Crippen LogP contribution is 2.13. The fourth-order valence-electron chi connectivity index (χ4n) is 2.05. The standard InChI is InChI=1S/C15H20FN3/c1-13(14-5-4-6-15(16)11-14)18-7-2-3-9-19-10-8-17-12-19/h4-6,8,10-13,18H,2-3,7,9H2,1H3. The van der Waals surface area contributed by atoms with E-state index in [-0.39, 0.29) is 11.9 Å². The third-order valence-corrected chi connectivity index (χ3v) is 3.20. The van der Waals surface area contributed by atoms with E-state index >= 15 is 0 Å². The van der Waals surface area contributed by atoms with E-state index in [4.69, 9.17) is 0 Å². The van der Waals surface area contributed by atoms with Gasteiger partial charge in [-0.25, -0.2) is 9.37 Å². The van der Waals surface area contributed by atoms with Gasteiger partial charge in [0, 0.05) is 25.0 Å². The van der Waals surface area contributed by atoms with Gasteiger partial charge in [-0.05, 0) is 44.0 Å². The van der Waals surface area contributed by atoms with Gasteiger partial charge in [-0.3, -0.25) is 0 Å². The first kappa shape index (κ1) is 13.7. The highest BCUT2D eigenvalue weighted by molar-refractivity contribution is 5.19. The first-order chi connectivity index (χ1) is 9.25. The topological polar surface area (TPSA) is 29.9 Å². The molecule has 1 atom stereocenters. The van der Waals surface area contributed by atoms with Crippen LogP contribution in [-0.4, -0.2) is 16.1 Å². The third-order valence-electron chi connectivity index (χ3n) is 3.20. The lowest BCUT2D eigenvalue weighted by Gasteiger charge is -2.14. The molecule has 1 aromatic carbocycles. The van der Waals surface area contributed by atoms with Crippen molar-refractivity contribution in [1.29, 1.82) is 0 Å². The first-order valence-electron chi connectivity index (χ1n) is 6.70. The molecule has 4 heteroatoms. The van der Waals surface area contributed by atoms with Crippen molar-refractivity contribution in [2.45, 2.75) is 32.4 Å². The van der Waals surface area contributed by atoms with Gasteiger partial charge in [0.05, 0.1) is 6.33 Å². The molecule has 19 heavy (non-hydrogen) atoms. The van der Waals surface area contributed by atoms with Crippen molar-refractivity contribution in [2.24, 2.45) is 0 Å². The number of aromatic nitrogens is 2. The number of unbranched alkanes of at least 4 members (excludes halogenated alkanes) is 1. The van der Waals surface area contributed by atoms with Gasteiger partial charge in [0.1, 0.15) is 5.82 Å². The number of halogens is 1. The Morgan fingerprint density at radius 2 is 2.26 bits per heavy atom. The van der Waals surface area contributed by atoms with Gasteiger partial charge in [0.25, 0.3) is 0 Å². The summed E-state index contributed by atoms with van der Waals surface area (Å²) in [6.45, 7) is 3.99. The lowest BCUT2D eigenvalue weighted by atomic mass is 10.1. The Morgan fingerprint density at radius 1 is 1.37 bits per heavy atom. The largest absolute Gasteiger partial charge is 0.337 e. The monoisotopic (exact) mass is 261 g/mol. The Kier molecular flexibility index (Phi) is 5.10. The number of aryl methyl sites for hydroxylation is 1. The second-order valence-electron chi connectivity index (χ2n) is 4.74. The molecule has 0 saturated carbocycles. The van der Waals surface area contributed by atoms with E-state index in [2.05, 4.69) is 21.8 Å². The summed E-state index contributed by atoms with van der Waals surface area (Å²) in [6, 6.07) is 6.95. The van der Waals surface area contributed by atoms with Crippen molar-refractivity contribution >= 4 is 0 Å². The number of nitrogens with zero attached hydrogens (tertiary/aromatic N) is 2. The van der Waals surface area contributed by atoms with E-state index in [1.54, 1.807) is 18.3 Å². The quantitative estimate of drug-likeness (QED) is 0.776. The van der Waals surface area contributed by atoms with Crippen molar-refractivity contribution in [3.8, 4) is 0 Å². The molecule has 0 aliphatic rings. The minimum atomic E-state index is -0.175. The van der Waals surface area contributed by atoms with Gasteiger partial charge >= 0.3 is 0 Å². The maximum atomic E-state index is 13.1. The van der Waals surface area contributed by atoms with Crippen LogP contribution in [0.1, 0.15) is 31.4 Å². The van der Waals surface area contributed by atoms with E-state index in [1.807, 2.05) is 18.6 Å². The summed E-state index contributed by atoms with van der Waals surface area (Å²) in [6.07, 6.45) is 7.81. The Balaban J connectivity index is 1.65. The predicted octanol–water partition coefficient (Wildman–Crippen LogP) is 3.15. The van der Waals surface area contributed by atoms with Crippen molar-refractivity contribution in [2.75, 3.05) is 6.54 Å². The fourth-order valence-corrected chi connectivity index (χ4v) is 2.05. The average molecular weight is 261 g/mol. The zero-order valence-electron chi connectivity index (χ0n) is 11.2. The van der Waals surface area contributed by atoms with Crippen LogP contribution >= 0.6 is 0 Å². The van der Waals surface area contributed by atoms with Crippen LogP contribution in [-0.2, 0) is 6.54 Å². The van der Waals surface area contributed by atoms with E-state index in [9.17, 15) is 4.39 Å². The molecule has 1 heterocycles. The summed E-state index contributed by atoms with van der Waals surface area (Å²) in [5.41, 5.74) is 0.995. The lowest BCUT2D eigenvalue weighted by molar-refractivity contribution is 0.520. The zero-order valence-corrected chi connectivity index (χ0v) is 11.2. The van der Waals surface area contributed by atoms with Crippen LogP contribution in [0.5, 0.6) is 0 Å². The molecule has 0 aliphatic heterocycles.